The highest BCUT2D eigenvalue weighted by molar-refractivity contribution is 5.73. The Labute approximate surface area is 123 Å². The molecule has 0 heterocycles. The molecule has 0 aliphatic rings. The van der Waals surface area contributed by atoms with Crippen molar-refractivity contribution in [2.24, 2.45) is 5.92 Å². The fraction of sp³-hybridized carbons (Fsp3) is 0.929. The number of carbonyl (C=O) groups excluding carboxylic acids is 1. The standard InChI is InChI=1S/C14H31N3O3/c1-4-5-15-6-8-19-10-11-20-9-7-16-14(18)17-12-13(2)3/h13,15H,4-12H2,1-3H3,(H2,16,17,18). The summed E-state index contributed by atoms with van der Waals surface area (Å²) in [5.41, 5.74) is 0. The SMILES string of the molecule is CCCNCCOCCOCCNC(=O)NCC(C)C. The van der Waals surface area contributed by atoms with Gasteiger partial charge in [0, 0.05) is 19.6 Å². The van der Waals surface area contributed by atoms with Crippen LogP contribution < -0.4 is 16.0 Å². The third-order valence-electron chi connectivity index (χ3n) is 2.42. The Morgan fingerprint density at radius 2 is 1.60 bits per heavy atom. The Hall–Kier alpha value is -0.850. The molecule has 0 atom stereocenters. The van der Waals surface area contributed by atoms with Crippen molar-refractivity contribution in [2.75, 3.05) is 52.6 Å². The third-order valence-corrected chi connectivity index (χ3v) is 2.42. The van der Waals surface area contributed by atoms with Crippen LogP contribution in [0.15, 0.2) is 0 Å². The molecule has 0 aromatic carbocycles. The van der Waals surface area contributed by atoms with Crippen LogP contribution in [0.4, 0.5) is 4.79 Å². The summed E-state index contributed by atoms with van der Waals surface area (Å²) in [7, 11) is 0. The molecule has 0 saturated heterocycles. The van der Waals surface area contributed by atoms with E-state index in [1.54, 1.807) is 0 Å². The van der Waals surface area contributed by atoms with Gasteiger partial charge in [-0.05, 0) is 18.9 Å². The van der Waals surface area contributed by atoms with Gasteiger partial charge in [0.05, 0.1) is 26.4 Å². The monoisotopic (exact) mass is 289 g/mol. The molecule has 0 radical (unpaired) electrons. The quantitative estimate of drug-likeness (QED) is 0.442. The van der Waals surface area contributed by atoms with Crippen molar-refractivity contribution in [2.45, 2.75) is 27.2 Å². The first-order valence-electron chi connectivity index (χ1n) is 7.54. The summed E-state index contributed by atoms with van der Waals surface area (Å²) in [6.07, 6.45) is 1.14. The highest BCUT2D eigenvalue weighted by atomic mass is 16.5. The van der Waals surface area contributed by atoms with E-state index in [1.165, 1.54) is 0 Å². The summed E-state index contributed by atoms with van der Waals surface area (Å²) in [5, 5.41) is 8.78. The predicted molar refractivity (Wildman–Crippen MR) is 81.0 cm³/mol. The summed E-state index contributed by atoms with van der Waals surface area (Å²) in [6.45, 7) is 11.7. The number of nitrogens with one attached hydrogen (secondary N) is 3. The van der Waals surface area contributed by atoms with Crippen LogP contribution in [0.2, 0.25) is 0 Å². The minimum atomic E-state index is -0.138. The molecule has 6 nitrogen and oxygen atoms in total. The molecular formula is C14H31N3O3. The Balaban J connectivity index is 3.11. The Morgan fingerprint density at radius 1 is 0.950 bits per heavy atom. The van der Waals surface area contributed by atoms with Crippen LogP contribution in [0, 0.1) is 5.92 Å². The average molecular weight is 289 g/mol. The van der Waals surface area contributed by atoms with Crippen molar-refractivity contribution in [3.8, 4) is 0 Å². The van der Waals surface area contributed by atoms with E-state index < -0.39 is 0 Å². The average Bonchev–Trinajstić information content (AvgIpc) is 2.42. The van der Waals surface area contributed by atoms with Gasteiger partial charge < -0.3 is 25.4 Å². The van der Waals surface area contributed by atoms with Crippen LogP contribution in [0.1, 0.15) is 27.2 Å². The highest BCUT2D eigenvalue weighted by Gasteiger charge is 2.00. The molecule has 0 saturated carbocycles. The van der Waals surface area contributed by atoms with Crippen molar-refractivity contribution >= 4 is 6.03 Å². The van der Waals surface area contributed by atoms with Gasteiger partial charge in [0.1, 0.15) is 0 Å². The van der Waals surface area contributed by atoms with Crippen molar-refractivity contribution in [3.05, 3.63) is 0 Å². The molecule has 2 amide bonds. The van der Waals surface area contributed by atoms with Gasteiger partial charge in [-0.2, -0.15) is 0 Å². The van der Waals surface area contributed by atoms with Crippen LogP contribution in [-0.2, 0) is 9.47 Å². The molecule has 0 fully saturated rings. The number of amides is 2. The van der Waals surface area contributed by atoms with Crippen LogP contribution in [0.25, 0.3) is 0 Å². The van der Waals surface area contributed by atoms with Gasteiger partial charge in [-0.3, -0.25) is 0 Å². The number of hydrogen-bond acceptors (Lipinski definition) is 4. The van der Waals surface area contributed by atoms with E-state index >= 15 is 0 Å². The number of ether oxygens (including phenoxy) is 2. The summed E-state index contributed by atoms with van der Waals surface area (Å²) in [4.78, 5) is 11.3. The van der Waals surface area contributed by atoms with Gasteiger partial charge in [-0.1, -0.05) is 20.8 Å². The maximum Gasteiger partial charge on any atom is 0.314 e. The smallest absolute Gasteiger partial charge is 0.314 e. The molecule has 0 rings (SSSR count). The lowest BCUT2D eigenvalue weighted by molar-refractivity contribution is 0.0505. The number of hydrogen-bond donors (Lipinski definition) is 3. The van der Waals surface area contributed by atoms with Crippen LogP contribution >= 0.6 is 0 Å². The zero-order valence-corrected chi connectivity index (χ0v) is 13.2. The lowest BCUT2D eigenvalue weighted by Crippen LogP contribution is -2.39. The Morgan fingerprint density at radius 3 is 2.20 bits per heavy atom. The molecule has 120 valence electrons. The fourth-order valence-electron chi connectivity index (χ4n) is 1.36. The number of rotatable bonds is 13. The molecule has 20 heavy (non-hydrogen) atoms. The normalized spacial score (nSPS) is 10.8. The summed E-state index contributed by atoms with van der Waals surface area (Å²) < 4.78 is 10.7. The van der Waals surface area contributed by atoms with Crippen molar-refractivity contribution in [1.82, 2.24) is 16.0 Å². The molecule has 3 N–H and O–H groups in total. The summed E-state index contributed by atoms with van der Waals surface area (Å²) in [6, 6.07) is -0.138. The van der Waals surface area contributed by atoms with Gasteiger partial charge in [0.15, 0.2) is 0 Å². The number of carbonyl (C=O) groups is 1. The minimum absolute atomic E-state index is 0.138. The fourth-order valence-corrected chi connectivity index (χ4v) is 1.36. The van der Waals surface area contributed by atoms with E-state index in [-0.39, 0.29) is 6.03 Å². The Kier molecular flexibility index (Phi) is 13.9. The summed E-state index contributed by atoms with van der Waals surface area (Å²) >= 11 is 0. The largest absolute Gasteiger partial charge is 0.378 e. The molecular weight excluding hydrogens is 258 g/mol. The van der Waals surface area contributed by atoms with Crippen LogP contribution in [-0.4, -0.2) is 58.6 Å². The van der Waals surface area contributed by atoms with Crippen molar-refractivity contribution in [3.63, 3.8) is 0 Å². The lowest BCUT2D eigenvalue weighted by atomic mass is 10.2. The zero-order valence-electron chi connectivity index (χ0n) is 13.2. The Bertz CT molecular complexity index is 226. The number of urea groups is 1. The highest BCUT2D eigenvalue weighted by Crippen LogP contribution is 1.86. The van der Waals surface area contributed by atoms with E-state index in [0.717, 1.165) is 19.5 Å². The molecule has 0 spiro atoms. The van der Waals surface area contributed by atoms with E-state index in [1.807, 2.05) is 0 Å². The molecule has 0 unspecified atom stereocenters. The van der Waals surface area contributed by atoms with Crippen molar-refractivity contribution in [1.29, 1.82) is 0 Å². The molecule has 6 heteroatoms. The van der Waals surface area contributed by atoms with E-state index in [2.05, 4.69) is 36.7 Å². The van der Waals surface area contributed by atoms with E-state index in [4.69, 9.17) is 9.47 Å². The minimum Gasteiger partial charge on any atom is -0.378 e. The summed E-state index contributed by atoms with van der Waals surface area (Å²) in [5.74, 6) is 0.459. The van der Waals surface area contributed by atoms with E-state index in [0.29, 0.717) is 45.4 Å². The molecule has 0 aliphatic carbocycles. The van der Waals surface area contributed by atoms with E-state index in [9.17, 15) is 4.79 Å². The second kappa shape index (κ2) is 14.6. The molecule has 0 aliphatic heterocycles. The van der Waals surface area contributed by atoms with Gasteiger partial charge in [0.2, 0.25) is 0 Å². The van der Waals surface area contributed by atoms with Gasteiger partial charge >= 0.3 is 6.03 Å². The van der Waals surface area contributed by atoms with Crippen molar-refractivity contribution < 1.29 is 14.3 Å². The molecule has 0 aromatic rings. The van der Waals surface area contributed by atoms with Gasteiger partial charge in [-0.15, -0.1) is 0 Å². The second-order valence-corrected chi connectivity index (χ2v) is 5.01. The zero-order chi connectivity index (χ0) is 15.1. The third kappa shape index (κ3) is 15.2. The van der Waals surface area contributed by atoms with Gasteiger partial charge in [-0.25, -0.2) is 4.79 Å². The first kappa shape index (κ1) is 19.1. The maximum absolute atomic E-state index is 11.3. The molecule has 0 aromatic heterocycles. The van der Waals surface area contributed by atoms with Crippen LogP contribution in [0.5, 0.6) is 0 Å². The van der Waals surface area contributed by atoms with Crippen LogP contribution in [0.3, 0.4) is 0 Å². The lowest BCUT2D eigenvalue weighted by Gasteiger charge is -2.10. The first-order chi connectivity index (χ1) is 9.66. The van der Waals surface area contributed by atoms with Gasteiger partial charge in [0.25, 0.3) is 0 Å². The second-order valence-electron chi connectivity index (χ2n) is 5.01. The predicted octanol–water partition coefficient (Wildman–Crippen LogP) is 0.974. The first-order valence-corrected chi connectivity index (χ1v) is 7.54. The maximum atomic E-state index is 11.3. The topological polar surface area (TPSA) is 71.6 Å². The molecule has 0 bridgehead atoms.